The molecule has 0 aliphatic heterocycles. The monoisotopic (exact) mass is 419 g/mol. The van der Waals surface area contributed by atoms with Crippen LogP contribution < -0.4 is 4.74 Å². The predicted molar refractivity (Wildman–Crippen MR) is 125 cm³/mol. The molecule has 0 spiro atoms. The fourth-order valence-corrected chi connectivity index (χ4v) is 3.08. The maximum absolute atomic E-state index is 12.1. The zero-order valence-corrected chi connectivity index (χ0v) is 19.6. The van der Waals surface area contributed by atoms with Gasteiger partial charge in [0.25, 0.3) is 0 Å². The van der Waals surface area contributed by atoms with Crippen LogP contribution in [0.2, 0.25) is 0 Å². The third kappa shape index (κ3) is 9.44. The molecule has 0 N–H and O–H groups in total. The second-order valence-corrected chi connectivity index (χ2v) is 8.26. The maximum atomic E-state index is 12.1. The van der Waals surface area contributed by atoms with Crippen LogP contribution in [0.1, 0.15) is 52.0 Å². The first-order valence-electron chi connectivity index (χ1n) is 10.4. The van der Waals surface area contributed by atoms with Gasteiger partial charge in [-0.05, 0) is 48.8 Å². The second kappa shape index (κ2) is 14.2. The minimum atomic E-state index is -0.282. The predicted octanol–water partition coefficient (Wildman–Crippen LogP) is 6.29. The van der Waals surface area contributed by atoms with E-state index in [1.54, 1.807) is 23.7 Å². The molecule has 1 rings (SSSR count). The van der Waals surface area contributed by atoms with Gasteiger partial charge in [-0.2, -0.15) is 11.8 Å². The Kier molecular flexibility index (Phi) is 12.3. The average molecular weight is 420 g/mol. The van der Waals surface area contributed by atoms with Crippen molar-refractivity contribution < 1.29 is 14.3 Å². The summed E-state index contributed by atoms with van der Waals surface area (Å²) in [7, 11) is 1.78. The first-order valence-corrected chi connectivity index (χ1v) is 11.8. The van der Waals surface area contributed by atoms with Gasteiger partial charge in [-0.25, -0.2) is 4.79 Å². The number of rotatable bonds is 12. The number of hydrogen-bond donors (Lipinski definition) is 0. The molecule has 1 amide bonds. The molecule has 0 saturated carbocycles. The van der Waals surface area contributed by atoms with Crippen LogP contribution >= 0.6 is 11.8 Å². The molecule has 5 heteroatoms. The van der Waals surface area contributed by atoms with Gasteiger partial charge >= 0.3 is 6.09 Å². The Morgan fingerprint density at radius 3 is 2.69 bits per heavy atom. The van der Waals surface area contributed by atoms with Crippen LogP contribution in [0.4, 0.5) is 4.79 Å². The van der Waals surface area contributed by atoms with Gasteiger partial charge in [-0.15, -0.1) is 0 Å². The Labute approximate surface area is 181 Å². The zero-order chi connectivity index (χ0) is 21.6. The summed E-state index contributed by atoms with van der Waals surface area (Å²) < 4.78 is 11.7. The number of carbonyl (C=O) groups is 1. The smallest absolute Gasteiger partial charge is 0.409 e. The summed E-state index contributed by atoms with van der Waals surface area (Å²) in [6.07, 6.45) is 9.39. The molecule has 0 aliphatic rings. The molecule has 0 radical (unpaired) electrons. The highest BCUT2D eigenvalue weighted by molar-refractivity contribution is 7.98. The number of benzene rings is 1. The van der Waals surface area contributed by atoms with Crippen molar-refractivity contribution in [2.24, 2.45) is 0 Å². The summed E-state index contributed by atoms with van der Waals surface area (Å²) in [5, 5.41) is 0. The summed E-state index contributed by atoms with van der Waals surface area (Å²) in [6.45, 7) is 9.50. The molecule has 0 saturated heterocycles. The number of thioether (sulfide) groups is 1. The molecule has 0 aliphatic carbocycles. The maximum Gasteiger partial charge on any atom is 0.409 e. The van der Waals surface area contributed by atoms with Gasteiger partial charge in [0.05, 0.1) is 0 Å². The number of carbonyl (C=O) groups excluding carboxylic acids is 1. The molecule has 1 atom stereocenters. The van der Waals surface area contributed by atoms with Crippen molar-refractivity contribution in [2.45, 2.75) is 52.6 Å². The van der Waals surface area contributed by atoms with E-state index in [1.807, 2.05) is 37.5 Å². The molecular weight excluding hydrogens is 382 g/mol. The summed E-state index contributed by atoms with van der Waals surface area (Å²) >= 11 is 1.66. The van der Waals surface area contributed by atoms with E-state index in [4.69, 9.17) is 9.47 Å². The standard InChI is InChI=1S/C24H37NO3S/c1-7-9-11-20(8-2)23(14-15-25(5)24(26)27-16-17-29-6)28-22-13-10-12-21(18-22)19(3)4/h7,9-13,18-19,23H,8,14-17H2,1-6H3/b9-7-,20-11+. The van der Waals surface area contributed by atoms with Gasteiger partial charge in [0, 0.05) is 25.8 Å². The summed E-state index contributed by atoms with van der Waals surface area (Å²) in [6, 6.07) is 8.28. The topological polar surface area (TPSA) is 38.8 Å². The Bertz CT molecular complexity index is 670. The molecule has 4 nitrogen and oxygen atoms in total. The van der Waals surface area contributed by atoms with Crippen molar-refractivity contribution in [1.82, 2.24) is 4.90 Å². The number of ether oxygens (including phenoxy) is 2. The van der Waals surface area contributed by atoms with Crippen molar-refractivity contribution in [1.29, 1.82) is 0 Å². The lowest BCUT2D eigenvalue weighted by molar-refractivity contribution is 0.111. The molecule has 1 aromatic rings. The minimum Gasteiger partial charge on any atom is -0.486 e. The lowest BCUT2D eigenvalue weighted by atomic mass is 10.0. The highest BCUT2D eigenvalue weighted by Gasteiger charge is 2.18. The molecule has 0 fully saturated rings. The minimum absolute atomic E-state index is 0.0972. The number of amides is 1. The number of allylic oxidation sites excluding steroid dienone is 3. The zero-order valence-electron chi connectivity index (χ0n) is 18.8. The van der Waals surface area contributed by atoms with E-state index in [9.17, 15) is 4.79 Å². The Hall–Kier alpha value is -1.88. The fourth-order valence-electron chi connectivity index (χ4n) is 2.83. The third-order valence-corrected chi connectivity index (χ3v) is 5.25. The molecule has 0 bridgehead atoms. The molecule has 1 unspecified atom stereocenters. The van der Waals surface area contributed by atoms with Crippen molar-refractivity contribution in [2.75, 3.05) is 32.2 Å². The molecule has 29 heavy (non-hydrogen) atoms. The van der Waals surface area contributed by atoms with E-state index in [1.165, 1.54) is 11.1 Å². The quantitative estimate of drug-likeness (QED) is 0.295. The second-order valence-electron chi connectivity index (χ2n) is 7.27. The van der Waals surface area contributed by atoms with E-state index >= 15 is 0 Å². The van der Waals surface area contributed by atoms with Crippen molar-refractivity contribution in [3.8, 4) is 5.75 Å². The van der Waals surface area contributed by atoms with E-state index < -0.39 is 0 Å². The van der Waals surface area contributed by atoms with Crippen LogP contribution in [-0.4, -0.2) is 49.3 Å². The largest absolute Gasteiger partial charge is 0.486 e. The van der Waals surface area contributed by atoms with Gasteiger partial charge in [0.15, 0.2) is 0 Å². The van der Waals surface area contributed by atoms with Crippen LogP contribution in [0.25, 0.3) is 0 Å². The fraction of sp³-hybridized carbons (Fsp3) is 0.542. The summed E-state index contributed by atoms with van der Waals surface area (Å²) in [5.74, 6) is 2.12. The normalized spacial score (nSPS) is 13.0. The van der Waals surface area contributed by atoms with Gasteiger partial charge in [0.1, 0.15) is 18.5 Å². The summed E-state index contributed by atoms with van der Waals surface area (Å²) in [5.41, 5.74) is 2.47. The SMILES string of the molecule is C/C=C\C=C(/CC)C(CCN(C)C(=O)OCCSC)Oc1cccc(C(C)C)c1. The van der Waals surface area contributed by atoms with Crippen LogP contribution in [0.5, 0.6) is 5.75 Å². The first-order chi connectivity index (χ1) is 13.9. The van der Waals surface area contributed by atoms with E-state index in [0.29, 0.717) is 25.5 Å². The van der Waals surface area contributed by atoms with Gasteiger partial charge in [-0.1, -0.05) is 51.1 Å². The van der Waals surface area contributed by atoms with E-state index in [-0.39, 0.29) is 12.2 Å². The number of hydrogen-bond acceptors (Lipinski definition) is 4. The van der Waals surface area contributed by atoms with Gasteiger partial charge in [0.2, 0.25) is 0 Å². The average Bonchev–Trinajstić information content (AvgIpc) is 2.72. The molecule has 0 aromatic heterocycles. The molecule has 0 heterocycles. The van der Waals surface area contributed by atoms with Crippen LogP contribution in [0.3, 0.4) is 0 Å². The lowest BCUT2D eigenvalue weighted by Crippen LogP contribution is -2.32. The van der Waals surface area contributed by atoms with Crippen LogP contribution in [0, 0.1) is 0 Å². The van der Waals surface area contributed by atoms with Gasteiger partial charge < -0.3 is 14.4 Å². The summed E-state index contributed by atoms with van der Waals surface area (Å²) in [4.78, 5) is 13.8. The third-order valence-electron chi connectivity index (χ3n) is 4.68. The van der Waals surface area contributed by atoms with Crippen molar-refractivity contribution in [3.05, 3.63) is 53.6 Å². The number of nitrogens with zero attached hydrogens (tertiary/aromatic N) is 1. The van der Waals surface area contributed by atoms with E-state index in [2.05, 4.69) is 39.0 Å². The molecule has 1 aromatic carbocycles. The van der Waals surface area contributed by atoms with E-state index in [0.717, 1.165) is 17.9 Å². The first kappa shape index (κ1) is 25.2. The van der Waals surface area contributed by atoms with Crippen LogP contribution in [0.15, 0.2) is 48.1 Å². The molecule has 162 valence electrons. The Morgan fingerprint density at radius 1 is 1.31 bits per heavy atom. The Balaban J connectivity index is 2.89. The van der Waals surface area contributed by atoms with Crippen molar-refractivity contribution in [3.63, 3.8) is 0 Å². The lowest BCUT2D eigenvalue weighted by Gasteiger charge is -2.25. The van der Waals surface area contributed by atoms with Crippen LogP contribution in [-0.2, 0) is 4.74 Å². The van der Waals surface area contributed by atoms with Gasteiger partial charge in [-0.3, -0.25) is 0 Å². The molecular formula is C24H37NO3S. The Morgan fingerprint density at radius 2 is 2.07 bits per heavy atom. The van der Waals surface area contributed by atoms with Crippen molar-refractivity contribution >= 4 is 17.9 Å². The highest BCUT2D eigenvalue weighted by atomic mass is 32.2. The highest BCUT2D eigenvalue weighted by Crippen LogP contribution is 2.24.